The van der Waals surface area contributed by atoms with Crippen LogP contribution in [-0.4, -0.2) is 41.3 Å². The molecule has 0 aromatic carbocycles. The van der Waals surface area contributed by atoms with Crippen LogP contribution in [0.1, 0.15) is 30.1 Å². The van der Waals surface area contributed by atoms with Crippen LogP contribution in [0.2, 0.25) is 10.3 Å². The van der Waals surface area contributed by atoms with Crippen molar-refractivity contribution in [2.75, 3.05) is 19.6 Å². The number of rotatable bonds is 3. The Morgan fingerprint density at radius 2 is 2.00 bits per heavy atom. The van der Waals surface area contributed by atoms with Gasteiger partial charge < -0.3 is 10.2 Å². The molecule has 5 nitrogen and oxygen atoms in total. The number of hydrogen-bond donors (Lipinski definition) is 1. The maximum absolute atomic E-state index is 12.4. The number of pyridine rings is 1. The Kier molecular flexibility index (Phi) is 5.42. The molecule has 0 saturated carbocycles. The lowest BCUT2D eigenvalue weighted by Crippen LogP contribution is -2.43. The van der Waals surface area contributed by atoms with Crippen LogP contribution in [0.25, 0.3) is 0 Å². The Balaban J connectivity index is 1.98. The molecule has 114 valence electrons. The minimum Gasteiger partial charge on any atom is -0.356 e. The Labute approximate surface area is 133 Å². The summed E-state index contributed by atoms with van der Waals surface area (Å²) in [4.78, 5) is 29.7. The van der Waals surface area contributed by atoms with Gasteiger partial charge in [-0.2, -0.15) is 0 Å². The Bertz CT molecular complexity index is 543. The molecule has 1 aromatic heterocycles. The molecule has 0 radical (unpaired) electrons. The van der Waals surface area contributed by atoms with E-state index < -0.39 is 0 Å². The summed E-state index contributed by atoms with van der Waals surface area (Å²) in [6.45, 7) is 3.61. The van der Waals surface area contributed by atoms with Crippen LogP contribution >= 0.6 is 23.2 Å². The minimum absolute atomic E-state index is 0.0205. The first-order valence-corrected chi connectivity index (χ1v) is 7.67. The lowest BCUT2D eigenvalue weighted by molar-refractivity contribution is -0.126. The van der Waals surface area contributed by atoms with E-state index in [4.69, 9.17) is 23.2 Å². The van der Waals surface area contributed by atoms with Crippen molar-refractivity contribution in [2.24, 2.45) is 5.92 Å². The van der Waals surface area contributed by atoms with E-state index in [9.17, 15) is 9.59 Å². The first-order valence-electron chi connectivity index (χ1n) is 6.92. The van der Waals surface area contributed by atoms with Crippen molar-refractivity contribution in [1.82, 2.24) is 15.2 Å². The quantitative estimate of drug-likeness (QED) is 0.866. The number of piperidine rings is 1. The number of aromatic nitrogens is 1. The molecular weight excluding hydrogens is 313 g/mol. The van der Waals surface area contributed by atoms with Crippen LogP contribution in [0, 0.1) is 5.92 Å². The van der Waals surface area contributed by atoms with Gasteiger partial charge >= 0.3 is 0 Å². The summed E-state index contributed by atoms with van der Waals surface area (Å²) in [6, 6.07) is 3.12. The fraction of sp³-hybridized carbons (Fsp3) is 0.500. The van der Waals surface area contributed by atoms with E-state index in [0.29, 0.717) is 38.0 Å². The van der Waals surface area contributed by atoms with Crippen LogP contribution in [0.15, 0.2) is 12.1 Å². The van der Waals surface area contributed by atoms with Crippen LogP contribution in [0.5, 0.6) is 0 Å². The van der Waals surface area contributed by atoms with Crippen molar-refractivity contribution < 1.29 is 9.59 Å². The van der Waals surface area contributed by atoms with Gasteiger partial charge in [0.1, 0.15) is 10.3 Å². The van der Waals surface area contributed by atoms with Crippen molar-refractivity contribution >= 4 is 35.0 Å². The number of carbonyl (C=O) groups excluding carboxylic acids is 2. The summed E-state index contributed by atoms with van der Waals surface area (Å²) in [7, 11) is 0. The van der Waals surface area contributed by atoms with Gasteiger partial charge in [0.15, 0.2) is 0 Å². The zero-order valence-corrected chi connectivity index (χ0v) is 13.2. The molecule has 0 aliphatic carbocycles. The first kappa shape index (κ1) is 16.0. The lowest BCUT2D eigenvalue weighted by atomic mass is 9.95. The van der Waals surface area contributed by atoms with Crippen LogP contribution in [-0.2, 0) is 4.79 Å². The van der Waals surface area contributed by atoms with Crippen LogP contribution < -0.4 is 5.32 Å². The van der Waals surface area contributed by atoms with Crippen LogP contribution in [0.4, 0.5) is 0 Å². The van der Waals surface area contributed by atoms with E-state index in [1.807, 2.05) is 6.92 Å². The van der Waals surface area contributed by atoms with Crippen LogP contribution in [0.3, 0.4) is 0 Å². The maximum Gasteiger partial charge on any atom is 0.256 e. The molecule has 2 amide bonds. The zero-order valence-electron chi connectivity index (χ0n) is 11.7. The normalized spacial score (nSPS) is 15.9. The number of nitrogens with one attached hydrogen (secondary N) is 1. The highest BCUT2D eigenvalue weighted by atomic mass is 35.5. The molecule has 0 unspecified atom stereocenters. The minimum atomic E-state index is -0.168. The average Bonchev–Trinajstić information content (AvgIpc) is 2.47. The lowest BCUT2D eigenvalue weighted by Gasteiger charge is -2.31. The number of hydrogen-bond acceptors (Lipinski definition) is 3. The summed E-state index contributed by atoms with van der Waals surface area (Å²) < 4.78 is 0. The molecule has 1 aliphatic rings. The standard InChI is InChI=1S/C14H17Cl2N3O2/c1-2-17-13(20)9-5-7-19(8-6-9)14(21)10-3-4-11(15)18-12(10)16/h3-4,9H,2,5-8H2,1H3,(H,17,20). The Morgan fingerprint density at radius 1 is 1.33 bits per heavy atom. The van der Waals surface area contributed by atoms with E-state index in [1.165, 1.54) is 0 Å². The fourth-order valence-electron chi connectivity index (χ4n) is 2.41. The summed E-state index contributed by atoms with van der Waals surface area (Å²) in [6.07, 6.45) is 1.33. The van der Waals surface area contributed by atoms with E-state index in [2.05, 4.69) is 10.3 Å². The summed E-state index contributed by atoms with van der Waals surface area (Å²) in [5.41, 5.74) is 0.345. The Hall–Kier alpha value is -1.33. The highest BCUT2D eigenvalue weighted by molar-refractivity contribution is 6.34. The topological polar surface area (TPSA) is 62.3 Å². The third kappa shape index (κ3) is 3.86. The number of halogens is 2. The molecule has 0 bridgehead atoms. The van der Waals surface area contributed by atoms with Gasteiger partial charge in [-0.3, -0.25) is 9.59 Å². The smallest absolute Gasteiger partial charge is 0.256 e. The molecule has 1 saturated heterocycles. The van der Waals surface area contributed by atoms with Gasteiger partial charge in [-0.1, -0.05) is 23.2 Å². The highest BCUT2D eigenvalue weighted by Gasteiger charge is 2.28. The molecule has 1 aromatic rings. The highest BCUT2D eigenvalue weighted by Crippen LogP contribution is 2.22. The van der Waals surface area contributed by atoms with Gasteiger partial charge in [0.05, 0.1) is 5.56 Å². The van der Waals surface area contributed by atoms with Gasteiger partial charge in [0, 0.05) is 25.6 Å². The number of carbonyl (C=O) groups is 2. The second kappa shape index (κ2) is 7.09. The second-order valence-corrected chi connectivity index (χ2v) is 5.68. The molecule has 1 fully saturated rings. The summed E-state index contributed by atoms with van der Waals surface area (Å²) in [5.74, 6) is -0.123. The third-order valence-electron chi connectivity index (χ3n) is 3.55. The van der Waals surface area contributed by atoms with E-state index in [1.54, 1.807) is 17.0 Å². The average molecular weight is 330 g/mol. The summed E-state index contributed by atoms with van der Waals surface area (Å²) in [5, 5.41) is 3.18. The molecule has 2 rings (SSSR count). The SMILES string of the molecule is CCNC(=O)C1CCN(C(=O)c2ccc(Cl)nc2Cl)CC1. The molecule has 1 aliphatic heterocycles. The number of amides is 2. The third-order valence-corrected chi connectivity index (χ3v) is 4.05. The van der Waals surface area contributed by atoms with Gasteiger partial charge in [-0.05, 0) is 31.9 Å². The molecular formula is C14H17Cl2N3O2. The van der Waals surface area contributed by atoms with Crippen molar-refractivity contribution in [1.29, 1.82) is 0 Å². The molecule has 1 N–H and O–H groups in total. The van der Waals surface area contributed by atoms with Gasteiger partial charge in [-0.25, -0.2) is 4.98 Å². The van der Waals surface area contributed by atoms with Gasteiger partial charge in [0.2, 0.25) is 5.91 Å². The number of likely N-dealkylation sites (tertiary alicyclic amines) is 1. The monoisotopic (exact) mass is 329 g/mol. The number of nitrogens with zero attached hydrogens (tertiary/aromatic N) is 2. The second-order valence-electron chi connectivity index (χ2n) is 4.93. The van der Waals surface area contributed by atoms with E-state index >= 15 is 0 Å². The largest absolute Gasteiger partial charge is 0.356 e. The molecule has 0 atom stereocenters. The summed E-state index contributed by atoms with van der Waals surface area (Å²) >= 11 is 11.7. The van der Waals surface area contributed by atoms with Crippen molar-refractivity contribution in [2.45, 2.75) is 19.8 Å². The first-order chi connectivity index (χ1) is 10.0. The maximum atomic E-state index is 12.4. The van der Waals surface area contributed by atoms with Crippen molar-refractivity contribution in [3.8, 4) is 0 Å². The van der Waals surface area contributed by atoms with E-state index in [0.717, 1.165) is 0 Å². The molecule has 7 heteroatoms. The zero-order chi connectivity index (χ0) is 15.4. The molecule has 2 heterocycles. The van der Waals surface area contributed by atoms with Gasteiger partial charge in [-0.15, -0.1) is 0 Å². The Morgan fingerprint density at radius 3 is 2.57 bits per heavy atom. The van der Waals surface area contributed by atoms with Crippen molar-refractivity contribution in [3.63, 3.8) is 0 Å². The molecule has 0 spiro atoms. The van der Waals surface area contributed by atoms with E-state index in [-0.39, 0.29) is 28.0 Å². The van der Waals surface area contributed by atoms with Crippen molar-refractivity contribution in [3.05, 3.63) is 28.0 Å². The molecule has 21 heavy (non-hydrogen) atoms. The fourth-order valence-corrected chi connectivity index (χ4v) is 2.83. The predicted octanol–water partition coefficient (Wildman–Crippen LogP) is 2.38. The van der Waals surface area contributed by atoms with Gasteiger partial charge in [0.25, 0.3) is 5.91 Å². The predicted molar refractivity (Wildman–Crippen MR) is 81.6 cm³/mol.